The molecule has 2 fully saturated rings. The molecule has 1 N–H and O–H groups in total. The zero-order valence-electron chi connectivity index (χ0n) is 12.2. The quantitative estimate of drug-likeness (QED) is 0.824. The number of ether oxygens (including phenoxy) is 1. The molecular weight excluding hydrogens is 224 g/mol. The van der Waals surface area contributed by atoms with Crippen molar-refractivity contribution in [3.05, 3.63) is 0 Å². The first-order valence-electron chi connectivity index (χ1n) is 8.00. The Balaban J connectivity index is 2.03. The van der Waals surface area contributed by atoms with Crippen LogP contribution in [0.15, 0.2) is 0 Å². The number of hydrogen-bond acceptors (Lipinski definition) is 2. The molecule has 2 aliphatic carbocycles. The van der Waals surface area contributed by atoms with Gasteiger partial charge in [0.15, 0.2) is 0 Å². The fraction of sp³-hybridized carbons (Fsp3) is 1.00. The van der Waals surface area contributed by atoms with Crippen molar-refractivity contribution in [1.82, 2.24) is 0 Å². The van der Waals surface area contributed by atoms with Gasteiger partial charge in [-0.05, 0) is 57.3 Å². The Bertz CT molecular complexity index is 237. The van der Waals surface area contributed by atoms with E-state index in [2.05, 4.69) is 13.8 Å². The molecule has 0 spiro atoms. The van der Waals surface area contributed by atoms with Crippen LogP contribution in [0.3, 0.4) is 0 Å². The van der Waals surface area contributed by atoms with Crippen LogP contribution in [0.1, 0.15) is 71.6 Å². The van der Waals surface area contributed by atoms with Gasteiger partial charge >= 0.3 is 0 Å². The molecule has 0 saturated heterocycles. The SMILES string of the molecule is CCOC1(C(O)C2CCCCC2)CCC(C)CC1. The fourth-order valence-electron chi connectivity index (χ4n) is 3.94. The summed E-state index contributed by atoms with van der Waals surface area (Å²) in [4.78, 5) is 0. The molecule has 2 nitrogen and oxygen atoms in total. The molecular formula is C16H30O2. The number of aliphatic hydroxyl groups excluding tert-OH is 1. The number of rotatable bonds is 4. The maximum atomic E-state index is 10.8. The van der Waals surface area contributed by atoms with Crippen LogP contribution in [0.25, 0.3) is 0 Å². The summed E-state index contributed by atoms with van der Waals surface area (Å²) in [6.45, 7) is 5.12. The molecule has 18 heavy (non-hydrogen) atoms. The van der Waals surface area contributed by atoms with Gasteiger partial charge in [0.1, 0.15) is 0 Å². The molecule has 2 aliphatic rings. The Labute approximate surface area is 112 Å². The summed E-state index contributed by atoms with van der Waals surface area (Å²) < 4.78 is 6.08. The Morgan fingerprint density at radius 1 is 1.11 bits per heavy atom. The second-order valence-electron chi connectivity index (χ2n) is 6.52. The van der Waals surface area contributed by atoms with Crippen LogP contribution >= 0.6 is 0 Å². The van der Waals surface area contributed by atoms with E-state index in [4.69, 9.17) is 4.74 Å². The third kappa shape index (κ3) is 3.08. The average molecular weight is 254 g/mol. The second-order valence-corrected chi connectivity index (χ2v) is 6.52. The first kappa shape index (κ1) is 14.3. The van der Waals surface area contributed by atoms with Gasteiger partial charge in [-0.1, -0.05) is 26.2 Å². The van der Waals surface area contributed by atoms with Crippen molar-refractivity contribution in [1.29, 1.82) is 0 Å². The van der Waals surface area contributed by atoms with Crippen LogP contribution in [0.2, 0.25) is 0 Å². The van der Waals surface area contributed by atoms with Crippen LogP contribution < -0.4 is 0 Å². The summed E-state index contributed by atoms with van der Waals surface area (Å²) in [7, 11) is 0. The Morgan fingerprint density at radius 3 is 2.28 bits per heavy atom. The van der Waals surface area contributed by atoms with E-state index in [1.54, 1.807) is 0 Å². The summed E-state index contributed by atoms with van der Waals surface area (Å²) in [5.41, 5.74) is -0.219. The molecule has 2 saturated carbocycles. The minimum Gasteiger partial charge on any atom is -0.390 e. The van der Waals surface area contributed by atoms with Gasteiger partial charge in [0.25, 0.3) is 0 Å². The normalized spacial score (nSPS) is 36.5. The standard InChI is InChI=1S/C16H30O2/c1-3-18-16(11-9-13(2)10-12-16)15(17)14-7-5-4-6-8-14/h13-15,17H,3-12H2,1-2H3. The molecule has 1 atom stereocenters. The Morgan fingerprint density at radius 2 is 1.72 bits per heavy atom. The molecule has 0 aliphatic heterocycles. The van der Waals surface area contributed by atoms with Crippen molar-refractivity contribution in [3.63, 3.8) is 0 Å². The van der Waals surface area contributed by atoms with Gasteiger partial charge < -0.3 is 9.84 Å². The van der Waals surface area contributed by atoms with E-state index in [1.807, 2.05) is 0 Å². The largest absolute Gasteiger partial charge is 0.390 e. The smallest absolute Gasteiger partial charge is 0.0942 e. The monoisotopic (exact) mass is 254 g/mol. The van der Waals surface area contributed by atoms with Crippen LogP contribution in [-0.4, -0.2) is 23.4 Å². The van der Waals surface area contributed by atoms with E-state index in [0.717, 1.165) is 25.4 Å². The summed E-state index contributed by atoms with van der Waals surface area (Å²) in [6, 6.07) is 0. The van der Waals surface area contributed by atoms with Gasteiger partial charge in [-0.2, -0.15) is 0 Å². The summed E-state index contributed by atoms with van der Waals surface area (Å²) >= 11 is 0. The number of aliphatic hydroxyl groups is 1. The van der Waals surface area contributed by atoms with Crippen molar-refractivity contribution in [3.8, 4) is 0 Å². The third-order valence-electron chi connectivity index (χ3n) is 5.19. The molecule has 2 heteroatoms. The highest BCUT2D eigenvalue weighted by molar-refractivity contribution is 4.96. The van der Waals surface area contributed by atoms with Gasteiger partial charge in [-0.3, -0.25) is 0 Å². The predicted octanol–water partition coefficient (Wildman–Crippen LogP) is 3.91. The van der Waals surface area contributed by atoms with E-state index >= 15 is 0 Å². The Kier molecular flexibility index (Phi) is 5.08. The zero-order chi connectivity index (χ0) is 13.0. The second kappa shape index (κ2) is 6.38. The van der Waals surface area contributed by atoms with Gasteiger partial charge in [-0.25, -0.2) is 0 Å². The van der Waals surface area contributed by atoms with E-state index < -0.39 is 0 Å². The maximum absolute atomic E-state index is 10.8. The molecule has 0 aromatic rings. The van der Waals surface area contributed by atoms with Crippen molar-refractivity contribution >= 4 is 0 Å². The highest BCUT2D eigenvalue weighted by Gasteiger charge is 2.44. The van der Waals surface area contributed by atoms with Crippen molar-refractivity contribution < 1.29 is 9.84 Å². The van der Waals surface area contributed by atoms with Crippen LogP contribution in [0.4, 0.5) is 0 Å². The fourth-order valence-corrected chi connectivity index (χ4v) is 3.94. The summed E-state index contributed by atoms with van der Waals surface area (Å²) in [5, 5.41) is 10.8. The topological polar surface area (TPSA) is 29.5 Å². The minimum absolute atomic E-state index is 0.219. The molecule has 1 unspecified atom stereocenters. The third-order valence-corrected chi connectivity index (χ3v) is 5.19. The molecule has 0 aromatic carbocycles. The summed E-state index contributed by atoms with van der Waals surface area (Å²) in [6.07, 6.45) is 10.6. The molecule has 0 heterocycles. The van der Waals surface area contributed by atoms with Crippen molar-refractivity contribution in [2.24, 2.45) is 11.8 Å². The van der Waals surface area contributed by atoms with Crippen molar-refractivity contribution in [2.75, 3.05) is 6.61 Å². The first-order valence-corrected chi connectivity index (χ1v) is 8.00. The van der Waals surface area contributed by atoms with Crippen LogP contribution in [0.5, 0.6) is 0 Å². The molecule has 0 bridgehead atoms. The molecule has 2 rings (SSSR count). The highest BCUT2D eigenvalue weighted by atomic mass is 16.5. The first-order chi connectivity index (χ1) is 8.68. The maximum Gasteiger partial charge on any atom is 0.0942 e. The zero-order valence-corrected chi connectivity index (χ0v) is 12.2. The average Bonchev–Trinajstić information content (AvgIpc) is 2.42. The van der Waals surface area contributed by atoms with Gasteiger partial charge in [0.2, 0.25) is 0 Å². The molecule has 0 radical (unpaired) electrons. The number of hydrogen-bond donors (Lipinski definition) is 1. The van der Waals surface area contributed by atoms with Gasteiger partial charge in [0, 0.05) is 6.61 Å². The van der Waals surface area contributed by atoms with Crippen LogP contribution in [-0.2, 0) is 4.74 Å². The summed E-state index contributed by atoms with van der Waals surface area (Å²) in [5.74, 6) is 1.29. The molecule has 106 valence electrons. The minimum atomic E-state index is -0.231. The van der Waals surface area contributed by atoms with E-state index in [0.29, 0.717) is 5.92 Å². The lowest BCUT2D eigenvalue weighted by molar-refractivity contribution is -0.164. The van der Waals surface area contributed by atoms with Gasteiger partial charge in [0.05, 0.1) is 11.7 Å². The molecule has 0 amide bonds. The molecule has 0 aromatic heterocycles. The van der Waals surface area contributed by atoms with E-state index in [1.165, 1.54) is 44.9 Å². The Hall–Kier alpha value is -0.0800. The predicted molar refractivity (Wildman–Crippen MR) is 74.6 cm³/mol. The van der Waals surface area contributed by atoms with Crippen LogP contribution in [0, 0.1) is 11.8 Å². The lowest BCUT2D eigenvalue weighted by atomic mass is 9.70. The highest BCUT2D eigenvalue weighted by Crippen LogP contribution is 2.42. The lowest BCUT2D eigenvalue weighted by Crippen LogP contribution is -2.51. The van der Waals surface area contributed by atoms with Gasteiger partial charge in [-0.15, -0.1) is 0 Å². The van der Waals surface area contributed by atoms with E-state index in [-0.39, 0.29) is 11.7 Å². The lowest BCUT2D eigenvalue weighted by Gasteiger charge is -2.46. The van der Waals surface area contributed by atoms with E-state index in [9.17, 15) is 5.11 Å². The van der Waals surface area contributed by atoms with Crippen molar-refractivity contribution in [2.45, 2.75) is 83.3 Å².